The Morgan fingerprint density at radius 1 is 1.43 bits per heavy atom. The highest BCUT2D eigenvalue weighted by Gasteiger charge is 2.29. The van der Waals surface area contributed by atoms with Gasteiger partial charge in [-0.3, -0.25) is 4.79 Å². The first kappa shape index (κ1) is 14.8. The molecule has 112 valence electrons. The molecule has 1 aliphatic heterocycles. The van der Waals surface area contributed by atoms with E-state index in [-0.39, 0.29) is 11.9 Å². The Hall–Kier alpha value is -1.11. The molecule has 1 fully saturated rings. The number of fused-ring (bicyclic) bond motifs is 1. The molecule has 1 saturated heterocycles. The molecular weight excluding hydrogens is 350 g/mol. The number of anilines is 1. The number of likely N-dealkylation sites (N-methyl/N-ethyl adjacent to an activating group) is 1. The Bertz CT molecular complexity index is 700. The van der Waals surface area contributed by atoms with Crippen LogP contribution in [0.5, 0.6) is 0 Å². The first-order valence-corrected chi connectivity index (χ1v) is 8.56. The molecule has 6 heteroatoms. The van der Waals surface area contributed by atoms with Gasteiger partial charge in [-0.15, -0.1) is 11.3 Å². The van der Waals surface area contributed by atoms with Crippen molar-refractivity contribution >= 4 is 48.9 Å². The van der Waals surface area contributed by atoms with Gasteiger partial charge in [0.05, 0.1) is 5.69 Å². The van der Waals surface area contributed by atoms with Crippen LogP contribution in [0.2, 0.25) is 0 Å². The van der Waals surface area contributed by atoms with E-state index < -0.39 is 0 Å². The van der Waals surface area contributed by atoms with Crippen LogP contribution in [-0.4, -0.2) is 48.4 Å². The van der Waals surface area contributed by atoms with E-state index in [9.17, 15) is 4.79 Å². The third-order valence-electron chi connectivity index (χ3n) is 3.99. The largest absolute Gasteiger partial charge is 0.397 e. The number of rotatable bonds is 1. The Kier molecular flexibility index (Phi) is 3.94. The van der Waals surface area contributed by atoms with E-state index >= 15 is 0 Å². The predicted octanol–water partition coefficient (Wildman–Crippen LogP) is 3.02. The minimum Gasteiger partial charge on any atom is -0.397 e. The summed E-state index contributed by atoms with van der Waals surface area (Å²) in [5.74, 6) is 0.0567. The zero-order chi connectivity index (χ0) is 15.1. The van der Waals surface area contributed by atoms with E-state index in [1.807, 2.05) is 23.1 Å². The number of nitrogens with zero attached hydrogens (tertiary/aromatic N) is 2. The third kappa shape index (κ3) is 2.56. The average Bonchev–Trinajstić information content (AvgIpc) is 2.77. The molecule has 1 amide bonds. The van der Waals surface area contributed by atoms with Gasteiger partial charge < -0.3 is 15.5 Å². The van der Waals surface area contributed by atoms with Crippen molar-refractivity contribution in [3.05, 3.63) is 27.5 Å². The number of amides is 1. The van der Waals surface area contributed by atoms with Crippen LogP contribution in [0.3, 0.4) is 0 Å². The van der Waals surface area contributed by atoms with E-state index in [1.54, 1.807) is 0 Å². The lowest BCUT2D eigenvalue weighted by Gasteiger charge is -2.38. The number of hydrogen-bond acceptors (Lipinski definition) is 4. The molecular formula is C15H18BrN3OS. The highest BCUT2D eigenvalue weighted by molar-refractivity contribution is 9.10. The van der Waals surface area contributed by atoms with Crippen molar-refractivity contribution in [2.75, 3.05) is 32.4 Å². The molecule has 1 aliphatic rings. The van der Waals surface area contributed by atoms with Gasteiger partial charge in [-0.2, -0.15) is 0 Å². The van der Waals surface area contributed by atoms with Crippen LogP contribution in [-0.2, 0) is 0 Å². The standard InChI is InChI=1S/C15H18BrN3OS/c1-9-8-18(2)6-7-19(9)15(20)14-13(17)12-10(16)4-3-5-11(12)21-14/h3-5,9H,6-8,17H2,1-2H3. The van der Waals surface area contributed by atoms with Gasteiger partial charge in [0, 0.05) is 40.2 Å². The number of hydrogen-bond donors (Lipinski definition) is 1. The fourth-order valence-electron chi connectivity index (χ4n) is 2.86. The molecule has 21 heavy (non-hydrogen) atoms. The molecule has 0 saturated carbocycles. The molecule has 1 aromatic carbocycles. The quantitative estimate of drug-likeness (QED) is 0.842. The Labute approximate surface area is 136 Å². The first-order chi connectivity index (χ1) is 9.99. The smallest absolute Gasteiger partial charge is 0.266 e. The van der Waals surface area contributed by atoms with Crippen molar-refractivity contribution in [3.63, 3.8) is 0 Å². The van der Waals surface area contributed by atoms with Gasteiger partial charge in [0.2, 0.25) is 0 Å². The van der Waals surface area contributed by atoms with E-state index in [1.165, 1.54) is 11.3 Å². The molecule has 4 nitrogen and oxygen atoms in total. The Morgan fingerprint density at radius 3 is 2.86 bits per heavy atom. The van der Waals surface area contributed by atoms with E-state index in [2.05, 4.69) is 34.8 Å². The summed E-state index contributed by atoms with van der Waals surface area (Å²) in [5.41, 5.74) is 6.84. The minimum atomic E-state index is 0.0567. The molecule has 2 heterocycles. The maximum absolute atomic E-state index is 12.8. The SMILES string of the molecule is CC1CN(C)CCN1C(=O)c1sc2cccc(Br)c2c1N. The van der Waals surface area contributed by atoms with Crippen molar-refractivity contribution in [1.29, 1.82) is 0 Å². The van der Waals surface area contributed by atoms with Crippen LogP contribution >= 0.6 is 27.3 Å². The predicted molar refractivity (Wildman–Crippen MR) is 91.9 cm³/mol. The second kappa shape index (κ2) is 5.59. The zero-order valence-electron chi connectivity index (χ0n) is 12.1. The Balaban J connectivity index is 1.99. The van der Waals surface area contributed by atoms with Gasteiger partial charge in [-0.25, -0.2) is 0 Å². The fourth-order valence-corrected chi connectivity index (χ4v) is 4.68. The summed E-state index contributed by atoms with van der Waals surface area (Å²) < 4.78 is 1.99. The molecule has 2 aromatic rings. The van der Waals surface area contributed by atoms with Crippen LogP contribution in [0, 0.1) is 0 Å². The second-order valence-electron chi connectivity index (χ2n) is 5.57. The van der Waals surface area contributed by atoms with Crippen LogP contribution in [0.15, 0.2) is 22.7 Å². The number of carbonyl (C=O) groups is 1. The summed E-state index contributed by atoms with van der Waals surface area (Å²) in [5, 5.41) is 0.952. The van der Waals surface area contributed by atoms with Gasteiger partial charge in [0.15, 0.2) is 0 Å². The lowest BCUT2D eigenvalue weighted by atomic mass is 10.1. The molecule has 0 bridgehead atoms. The molecule has 0 aliphatic carbocycles. The van der Waals surface area contributed by atoms with Crippen LogP contribution in [0.1, 0.15) is 16.6 Å². The highest BCUT2D eigenvalue weighted by atomic mass is 79.9. The third-order valence-corrected chi connectivity index (χ3v) is 5.81. The summed E-state index contributed by atoms with van der Waals surface area (Å²) in [7, 11) is 2.09. The second-order valence-corrected chi connectivity index (χ2v) is 7.47. The molecule has 1 aromatic heterocycles. The molecule has 3 rings (SSSR count). The lowest BCUT2D eigenvalue weighted by molar-refractivity contribution is 0.0539. The summed E-state index contributed by atoms with van der Waals surface area (Å²) in [6.45, 7) is 4.66. The van der Waals surface area contributed by atoms with Crippen LogP contribution in [0.4, 0.5) is 5.69 Å². The molecule has 2 N–H and O–H groups in total. The fraction of sp³-hybridized carbons (Fsp3) is 0.400. The van der Waals surface area contributed by atoms with Crippen molar-refractivity contribution in [3.8, 4) is 0 Å². The van der Waals surface area contributed by atoms with Crippen LogP contribution < -0.4 is 5.73 Å². The normalized spacial score (nSPS) is 20.1. The number of piperazine rings is 1. The molecule has 1 unspecified atom stereocenters. The maximum atomic E-state index is 12.8. The van der Waals surface area contributed by atoms with Crippen molar-refractivity contribution in [1.82, 2.24) is 9.80 Å². The molecule has 0 radical (unpaired) electrons. The summed E-state index contributed by atoms with van der Waals surface area (Å²) >= 11 is 5.00. The van der Waals surface area contributed by atoms with Crippen molar-refractivity contribution in [2.45, 2.75) is 13.0 Å². The van der Waals surface area contributed by atoms with Gasteiger partial charge in [-0.1, -0.05) is 22.0 Å². The maximum Gasteiger partial charge on any atom is 0.266 e. The van der Waals surface area contributed by atoms with Crippen molar-refractivity contribution < 1.29 is 4.79 Å². The number of carbonyl (C=O) groups excluding carboxylic acids is 1. The highest BCUT2D eigenvalue weighted by Crippen LogP contribution is 2.39. The molecule has 1 atom stereocenters. The zero-order valence-corrected chi connectivity index (χ0v) is 14.5. The first-order valence-electron chi connectivity index (χ1n) is 6.95. The summed E-state index contributed by atoms with van der Waals surface area (Å²) in [6.07, 6.45) is 0. The van der Waals surface area contributed by atoms with Gasteiger partial charge >= 0.3 is 0 Å². The Morgan fingerprint density at radius 2 is 2.19 bits per heavy atom. The van der Waals surface area contributed by atoms with Crippen LogP contribution in [0.25, 0.3) is 10.1 Å². The van der Waals surface area contributed by atoms with E-state index in [0.29, 0.717) is 10.6 Å². The van der Waals surface area contributed by atoms with Gasteiger partial charge in [0.25, 0.3) is 5.91 Å². The topological polar surface area (TPSA) is 49.6 Å². The number of nitrogens with two attached hydrogens (primary N) is 1. The lowest BCUT2D eigenvalue weighted by Crippen LogP contribution is -2.52. The van der Waals surface area contributed by atoms with Gasteiger partial charge in [-0.05, 0) is 26.1 Å². The van der Waals surface area contributed by atoms with Gasteiger partial charge in [0.1, 0.15) is 4.88 Å². The minimum absolute atomic E-state index is 0.0567. The van der Waals surface area contributed by atoms with E-state index in [4.69, 9.17) is 5.73 Å². The summed E-state index contributed by atoms with van der Waals surface area (Å²) in [4.78, 5) is 17.7. The number of benzene rings is 1. The molecule has 0 spiro atoms. The average molecular weight is 368 g/mol. The number of nitrogen functional groups attached to an aromatic ring is 1. The number of thiophene rings is 1. The van der Waals surface area contributed by atoms with Crippen molar-refractivity contribution in [2.24, 2.45) is 0 Å². The monoisotopic (exact) mass is 367 g/mol. The summed E-state index contributed by atoms with van der Waals surface area (Å²) in [6, 6.07) is 6.14. The number of halogens is 1. The van der Waals surface area contributed by atoms with E-state index in [0.717, 1.165) is 34.2 Å².